The Balaban J connectivity index is 2.54. The second kappa shape index (κ2) is 6.72. The van der Waals surface area contributed by atoms with Crippen molar-refractivity contribution in [2.24, 2.45) is 0 Å². The predicted octanol–water partition coefficient (Wildman–Crippen LogP) is 3.51. The van der Waals surface area contributed by atoms with E-state index in [0.29, 0.717) is 6.54 Å². The van der Waals surface area contributed by atoms with Crippen LogP contribution in [0.1, 0.15) is 37.9 Å². The van der Waals surface area contributed by atoms with E-state index in [0.717, 1.165) is 23.4 Å². The summed E-state index contributed by atoms with van der Waals surface area (Å²) in [5.41, 5.74) is 4.21. The number of nitrogens with one attached hydrogen (secondary N) is 1. The minimum absolute atomic E-state index is 0.101. The van der Waals surface area contributed by atoms with E-state index in [1.54, 1.807) is 0 Å². The molecule has 0 atom stereocenters. The third kappa shape index (κ3) is 3.42. The Bertz CT molecular complexity index is 654. The van der Waals surface area contributed by atoms with Gasteiger partial charge in [0, 0.05) is 18.2 Å². The molecule has 112 valence electrons. The highest BCUT2D eigenvalue weighted by atomic mass is 16.1. The summed E-state index contributed by atoms with van der Waals surface area (Å²) in [6.07, 6.45) is 0. The van der Waals surface area contributed by atoms with Gasteiger partial charge in [0.2, 0.25) is 0 Å². The lowest BCUT2D eigenvalue weighted by Gasteiger charge is -2.18. The zero-order valence-corrected chi connectivity index (χ0v) is 13.3. The summed E-state index contributed by atoms with van der Waals surface area (Å²) in [7, 11) is 0. The normalized spacial score (nSPS) is 11.1. The number of nitrogens with zero attached hydrogens (tertiary/aromatic N) is 1. The van der Waals surface area contributed by atoms with Gasteiger partial charge in [-0.15, -0.1) is 0 Å². The van der Waals surface area contributed by atoms with Crippen molar-refractivity contribution in [2.45, 2.75) is 40.3 Å². The molecule has 0 amide bonds. The van der Waals surface area contributed by atoms with Crippen molar-refractivity contribution in [1.29, 1.82) is 0 Å². The molecule has 1 N–H and O–H groups in total. The first-order valence-corrected chi connectivity index (χ1v) is 7.56. The average molecular weight is 284 g/mol. The fourth-order valence-corrected chi connectivity index (χ4v) is 2.46. The molecule has 0 unspecified atom stereocenters. The largest absolute Gasteiger partial charge is 0.313 e. The van der Waals surface area contributed by atoms with Crippen LogP contribution in [0.4, 0.5) is 0 Å². The fraction of sp³-hybridized carbons (Fsp3) is 0.389. The summed E-state index contributed by atoms with van der Waals surface area (Å²) in [5, 5.41) is 3.22. The van der Waals surface area contributed by atoms with E-state index in [2.05, 4.69) is 56.4 Å². The molecule has 2 rings (SSSR count). The molecule has 0 saturated heterocycles. The van der Waals surface area contributed by atoms with Gasteiger partial charge in [-0.2, -0.15) is 0 Å². The minimum Gasteiger partial charge on any atom is -0.313 e. The Morgan fingerprint density at radius 1 is 1.10 bits per heavy atom. The molecular formula is C18H24N2O. The molecule has 0 aliphatic carbocycles. The lowest BCUT2D eigenvalue weighted by molar-refractivity contribution is 0.575. The van der Waals surface area contributed by atoms with E-state index >= 15 is 0 Å². The van der Waals surface area contributed by atoms with Gasteiger partial charge in [0.25, 0.3) is 5.56 Å². The summed E-state index contributed by atoms with van der Waals surface area (Å²) in [6.45, 7) is 9.70. The summed E-state index contributed by atoms with van der Waals surface area (Å²) >= 11 is 0. The van der Waals surface area contributed by atoms with E-state index in [9.17, 15) is 4.79 Å². The number of rotatable bonds is 5. The molecule has 0 bridgehead atoms. The van der Waals surface area contributed by atoms with Crippen molar-refractivity contribution in [3.8, 4) is 11.3 Å². The number of hydrogen-bond acceptors (Lipinski definition) is 2. The predicted molar refractivity (Wildman–Crippen MR) is 88.6 cm³/mol. The van der Waals surface area contributed by atoms with Gasteiger partial charge in [-0.25, -0.2) is 0 Å². The molecule has 0 saturated carbocycles. The number of benzene rings is 1. The standard InChI is InChI=1S/C18H24N2O/c1-5-19-12-16-10-11-17(20(13(2)3)18(16)21)15-8-6-14(4)7-9-15/h6-11,13,19H,5,12H2,1-4H3. The maximum absolute atomic E-state index is 12.7. The van der Waals surface area contributed by atoms with Crippen LogP contribution in [0.15, 0.2) is 41.2 Å². The molecule has 0 aliphatic rings. The monoisotopic (exact) mass is 284 g/mol. The van der Waals surface area contributed by atoms with Gasteiger partial charge in [-0.1, -0.05) is 42.8 Å². The zero-order valence-electron chi connectivity index (χ0n) is 13.3. The van der Waals surface area contributed by atoms with Crippen molar-refractivity contribution >= 4 is 0 Å². The quantitative estimate of drug-likeness (QED) is 0.911. The van der Waals surface area contributed by atoms with Crippen molar-refractivity contribution in [2.75, 3.05) is 6.54 Å². The molecule has 1 heterocycles. The van der Waals surface area contributed by atoms with Crippen molar-refractivity contribution in [1.82, 2.24) is 9.88 Å². The van der Waals surface area contributed by atoms with Gasteiger partial charge >= 0.3 is 0 Å². The maximum atomic E-state index is 12.7. The second-order valence-electron chi connectivity index (χ2n) is 5.66. The first-order chi connectivity index (χ1) is 10.0. The summed E-state index contributed by atoms with van der Waals surface area (Å²) in [5.74, 6) is 0. The van der Waals surface area contributed by atoms with Crippen LogP contribution in [-0.4, -0.2) is 11.1 Å². The zero-order chi connectivity index (χ0) is 15.4. The molecule has 0 radical (unpaired) electrons. The number of hydrogen-bond donors (Lipinski definition) is 1. The van der Waals surface area contributed by atoms with Gasteiger partial charge in [0.1, 0.15) is 0 Å². The lowest BCUT2D eigenvalue weighted by atomic mass is 10.1. The van der Waals surface area contributed by atoms with Crippen molar-refractivity contribution in [3.05, 3.63) is 57.9 Å². The Morgan fingerprint density at radius 2 is 1.76 bits per heavy atom. The second-order valence-corrected chi connectivity index (χ2v) is 5.66. The molecule has 0 fully saturated rings. The maximum Gasteiger partial charge on any atom is 0.255 e. The highest BCUT2D eigenvalue weighted by Crippen LogP contribution is 2.21. The summed E-state index contributed by atoms with van der Waals surface area (Å²) in [6, 6.07) is 12.4. The van der Waals surface area contributed by atoms with Gasteiger partial charge in [-0.05, 0) is 38.9 Å². The van der Waals surface area contributed by atoms with E-state index < -0.39 is 0 Å². The van der Waals surface area contributed by atoms with Crippen molar-refractivity contribution in [3.63, 3.8) is 0 Å². The Morgan fingerprint density at radius 3 is 2.33 bits per heavy atom. The first kappa shape index (κ1) is 15.5. The molecule has 1 aromatic heterocycles. The van der Waals surface area contributed by atoms with Gasteiger partial charge < -0.3 is 9.88 Å². The van der Waals surface area contributed by atoms with E-state index in [1.807, 2.05) is 17.6 Å². The molecule has 2 aromatic rings. The molecular weight excluding hydrogens is 260 g/mol. The van der Waals surface area contributed by atoms with Crippen LogP contribution >= 0.6 is 0 Å². The third-order valence-corrected chi connectivity index (χ3v) is 3.62. The van der Waals surface area contributed by atoms with E-state index in [-0.39, 0.29) is 11.6 Å². The summed E-state index contributed by atoms with van der Waals surface area (Å²) < 4.78 is 1.89. The minimum atomic E-state index is 0.101. The molecule has 3 heteroatoms. The highest BCUT2D eigenvalue weighted by molar-refractivity contribution is 5.60. The van der Waals surface area contributed by atoms with Crippen LogP contribution in [-0.2, 0) is 6.54 Å². The molecule has 3 nitrogen and oxygen atoms in total. The number of aryl methyl sites for hydroxylation is 1. The SMILES string of the molecule is CCNCc1ccc(-c2ccc(C)cc2)n(C(C)C)c1=O. The molecule has 21 heavy (non-hydrogen) atoms. The van der Waals surface area contributed by atoms with Crippen LogP contribution < -0.4 is 10.9 Å². The molecule has 0 spiro atoms. The van der Waals surface area contributed by atoms with E-state index in [4.69, 9.17) is 0 Å². The van der Waals surface area contributed by atoms with E-state index in [1.165, 1.54) is 5.56 Å². The first-order valence-electron chi connectivity index (χ1n) is 7.56. The van der Waals surface area contributed by atoms with Crippen molar-refractivity contribution < 1.29 is 0 Å². The smallest absolute Gasteiger partial charge is 0.255 e. The topological polar surface area (TPSA) is 34.0 Å². The number of aromatic nitrogens is 1. The summed E-state index contributed by atoms with van der Waals surface area (Å²) in [4.78, 5) is 12.7. The molecule has 0 aliphatic heterocycles. The average Bonchev–Trinajstić information content (AvgIpc) is 2.46. The van der Waals surface area contributed by atoms with Gasteiger partial charge in [-0.3, -0.25) is 4.79 Å². The fourth-order valence-electron chi connectivity index (χ4n) is 2.46. The Labute approximate surface area is 126 Å². The lowest BCUT2D eigenvalue weighted by Crippen LogP contribution is -2.29. The van der Waals surface area contributed by atoms with Gasteiger partial charge in [0.15, 0.2) is 0 Å². The molecule has 1 aromatic carbocycles. The Hall–Kier alpha value is -1.87. The number of pyridine rings is 1. The van der Waals surface area contributed by atoms with Crippen LogP contribution in [0.25, 0.3) is 11.3 Å². The van der Waals surface area contributed by atoms with Crippen LogP contribution in [0, 0.1) is 6.92 Å². The van der Waals surface area contributed by atoms with Crippen LogP contribution in [0.5, 0.6) is 0 Å². The third-order valence-electron chi connectivity index (χ3n) is 3.62. The van der Waals surface area contributed by atoms with Gasteiger partial charge in [0.05, 0.1) is 5.69 Å². The Kier molecular flexibility index (Phi) is 4.97. The van der Waals surface area contributed by atoms with Crippen LogP contribution in [0.3, 0.4) is 0 Å². The van der Waals surface area contributed by atoms with Crippen LogP contribution in [0.2, 0.25) is 0 Å². The highest BCUT2D eigenvalue weighted by Gasteiger charge is 2.12.